The number of fused-ring (bicyclic) bond motifs is 18. The summed E-state index contributed by atoms with van der Waals surface area (Å²) in [5, 5.41) is 13.7. The Morgan fingerprint density at radius 1 is 0.299 bits per heavy atom. The average Bonchev–Trinajstić information content (AvgIpc) is 4.07. The number of ether oxygens (including phenoxy) is 2. The Hall–Kier alpha value is -9.19. The van der Waals surface area contributed by atoms with Crippen molar-refractivity contribution in [3.8, 4) is 77.5 Å². The second-order valence-corrected chi connectivity index (χ2v) is 24.0. The predicted octanol–water partition coefficient (Wildman–Crippen LogP) is 16.1. The van der Waals surface area contributed by atoms with E-state index in [1.165, 1.54) is 44.5 Å². The van der Waals surface area contributed by atoms with E-state index in [0.29, 0.717) is 0 Å². The quantitative estimate of drug-likeness (QED) is 0.155. The Bertz CT molecular complexity index is 4320. The van der Waals surface area contributed by atoms with Crippen molar-refractivity contribution in [1.82, 2.24) is 10.2 Å². The van der Waals surface area contributed by atoms with Crippen molar-refractivity contribution in [2.45, 2.75) is 10.8 Å². The molecule has 4 aliphatic rings. The van der Waals surface area contributed by atoms with Crippen molar-refractivity contribution in [2.75, 3.05) is 0 Å². The molecule has 362 valence electrons. The summed E-state index contributed by atoms with van der Waals surface area (Å²) in [6.07, 6.45) is 0. The van der Waals surface area contributed by atoms with E-state index < -0.39 is 18.0 Å². The second-order valence-electron chi connectivity index (χ2n) is 20.3. The highest BCUT2D eigenvalue weighted by molar-refractivity contribution is 7.85. The zero-order chi connectivity index (χ0) is 50.9. The number of hydrogen-bond donors (Lipinski definition) is 0. The molecule has 12 aromatic rings. The van der Waals surface area contributed by atoms with E-state index in [2.05, 4.69) is 182 Å². The SMILES string of the molecule is O=P(c1ccccc1)(c1ccccc1)c1ccc2c(c1)C1(c3cc(-c4ccc(-c5nnc(-c6ccc7c(c6)C6(c8ccccc8O7)c7ccccc7-c7ccccc76)s5)cc4)ccc3O2)c2ccccc2-c2ccccc21. The second kappa shape index (κ2) is 16.7. The van der Waals surface area contributed by atoms with Gasteiger partial charge in [-0.05, 0) is 110 Å². The Morgan fingerprint density at radius 3 is 1.19 bits per heavy atom. The van der Waals surface area contributed by atoms with Gasteiger partial charge in [-0.3, -0.25) is 0 Å². The lowest BCUT2D eigenvalue weighted by atomic mass is 9.65. The summed E-state index contributed by atoms with van der Waals surface area (Å²) in [6, 6.07) is 91.3. The molecule has 1 aromatic heterocycles. The Kier molecular flexibility index (Phi) is 9.55. The lowest BCUT2D eigenvalue weighted by molar-refractivity contribution is 0.436. The lowest BCUT2D eigenvalue weighted by Gasteiger charge is -2.40. The van der Waals surface area contributed by atoms with Crippen LogP contribution in [0.1, 0.15) is 44.5 Å². The Balaban J connectivity index is 0.791. The zero-order valence-electron chi connectivity index (χ0n) is 41.3. The number of para-hydroxylation sites is 1. The summed E-state index contributed by atoms with van der Waals surface area (Å²) in [7, 11) is -3.35. The molecule has 77 heavy (non-hydrogen) atoms. The van der Waals surface area contributed by atoms with Crippen molar-refractivity contribution in [1.29, 1.82) is 0 Å². The van der Waals surface area contributed by atoms with E-state index in [9.17, 15) is 0 Å². The summed E-state index contributed by atoms with van der Waals surface area (Å²) in [6.45, 7) is 0. The molecule has 3 heterocycles. The minimum atomic E-state index is -3.35. The maximum atomic E-state index is 16.0. The molecular weight excluding hydrogens is 980 g/mol. The van der Waals surface area contributed by atoms with Gasteiger partial charge in [-0.25, -0.2) is 0 Å². The Labute approximate surface area is 449 Å². The molecule has 0 amide bonds. The van der Waals surface area contributed by atoms with Crippen LogP contribution in [0.2, 0.25) is 0 Å². The molecule has 0 unspecified atom stereocenters. The number of hydrogen-bond acceptors (Lipinski definition) is 6. The zero-order valence-corrected chi connectivity index (χ0v) is 43.0. The van der Waals surface area contributed by atoms with Gasteiger partial charge in [0.15, 0.2) is 7.14 Å². The van der Waals surface area contributed by atoms with Gasteiger partial charge >= 0.3 is 0 Å². The molecule has 0 saturated heterocycles. The first-order valence-electron chi connectivity index (χ1n) is 26.0. The number of nitrogens with zero attached hydrogens (tertiary/aromatic N) is 2. The van der Waals surface area contributed by atoms with Gasteiger partial charge in [0.25, 0.3) is 0 Å². The summed E-state index contributed by atoms with van der Waals surface area (Å²) >= 11 is 1.59. The monoisotopic (exact) mass is 1020 g/mol. The first-order chi connectivity index (χ1) is 38.0. The third kappa shape index (κ3) is 6.14. The molecule has 16 rings (SSSR count). The van der Waals surface area contributed by atoms with Crippen LogP contribution in [0.5, 0.6) is 23.0 Å². The molecule has 0 saturated carbocycles. The van der Waals surface area contributed by atoms with E-state index >= 15 is 4.57 Å². The minimum Gasteiger partial charge on any atom is -0.457 e. The van der Waals surface area contributed by atoms with Crippen LogP contribution in [0.3, 0.4) is 0 Å². The van der Waals surface area contributed by atoms with E-state index in [4.69, 9.17) is 19.7 Å². The molecule has 0 fully saturated rings. The maximum Gasteiger partial charge on any atom is 0.171 e. The summed E-state index contributed by atoms with van der Waals surface area (Å²) in [4.78, 5) is 0. The smallest absolute Gasteiger partial charge is 0.171 e. The van der Waals surface area contributed by atoms with Crippen LogP contribution in [0.4, 0.5) is 0 Å². The summed E-state index contributed by atoms with van der Waals surface area (Å²) in [5.74, 6) is 3.24. The number of benzene rings is 11. The van der Waals surface area contributed by atoms with Crippen LogP contribution in [0.15, 0.2) is 261 Å². The molecule has 7 heteroatoms. The fourth-order valence-electron chi connectivity index (χ4n) is 13.2. The molecule has 2 aliphatic heterocycles. The lowest BCUT2D eigenvalue weighted by Crippen LogP contribution is -2.34. The summed E-state index contributed by atoms with van der Waals surface area (Å²) < 4.78 is 29.7. The van der Waals surface area contributed by atoms with Gasteiger partial charge in [0.05, 0.1) is 10.8 Å². The van der Waals surface area contributed by atoms with E-state index in [1.807, 2.05) is 78.9 Å². The van der Waals surface area contributed by atoms with Gasteiger partial charge in [0.1, 0.15) is 33.0 Å². The van der Waals surface area contributed by atoms with Crippen molar-refractivity contribution >= 4 is 34.4 Å². The van der Waals surface area contributed by atoms with Crippen LogP contribution >= 0.6 is 18.5 Å². The van der Waals surface area contributed by atoms with Crippen molar-refractivity contribution in [3.63, 3.8) is 0 Å². The number of aromatic nitrogens is 2. The Morgan fingerprint density at radius 2 is 0.662 bits per heavy atom. The van der Waals surface area contributed by atoms with E-state index in [-0.39, 0.29) is 0 Å². The third-order valence-corrected chi connectivity index (χ3v) is 20.6. The molecule has 0 atom stereocenters. The van der Waals surface area contributed by atoms with Gasteiger partial charge < -0.3 is 14.0 Å². The third-order valence-electron chi connectivity index (χ3n) is 16.5. The maximum absolute atomic E-state index is 16.0. The van der Waals surface area contributed by atoms with Crippen LogP contribution in [0, 0.1) is 0 Å². The van der Waals surface area contributed by atoms with Crippen molar-refractivity contribution < 1.29 is 14.0 Å². The fraction of sp³-hybridized carbons (Fsp3) is 0.0286. The molecule has 2 spiro atoms. The normalized spacial score (nSPS) is 14.2. The molecule has 5 nitrogen and oxygen atoms in total. The van der Waals surface area contributed by atoms with E-state index in [1.54, 1.807) is 11.3 Å². The minimum absolute atomic E-state index is 0.565. The largest absolute Gasteiger partial charge is 0.457 e. The fourth-order valence-corrected chi connectivity index (χ4v) is 16.8. The van der Waals surface area contributed by atoms with Crippen LogP contribution in [-0.4, -0.2) is 10.2 Å². The highest BCUT2D eigenvalue weighted by atomic mass is 32.1. The predicted molar refractivity (Wildman–Crippen MR) is 310 cm³/mol. The van der Waals surface area contributed by atoms with Gasteiger partial charge in [0, 0.05) is 49.3 Å². The molecular formula is C70H43N2O3PS. The first-order valence-corrected chi connectivity index (χ1v) is 28.5. The molecule has 11 aromatic carbocycles. The van der Waals surface area contributed by atoms with Crippen LogP contribution in [-0.2, 0) is 15.4 Å². The molecule has 0 radical (unpaired) electrons. The topological polar surface area (TPSA) is 61.3 Å². The molecule has 0 bridgehead atoms. The highest BCUT2D eigenvalue weighted by Gasteiger charge is 2.53. The van der Waals surface area contributed by atoms with Crippen LogP contribution < -0.4 is 25.4 Å². The first kappa shape index (κ1) is 44.1. The average molecular weight is 1020 g/mol. The highest BCUT2D eigenvalue weighted by Crippen LogP contribution is 2.64. The number of rotatable bonds is 6. The van der Waals surface area contributed by atoms with Gasteiger partial charge in [-0.15, -0.1) is 10.2 Å². The molecule has 2 aliphatic carbocycles. The van der Waals surface area contributed by atoms with Crippen molar-refractivity contribution in [2.24, 2.45) is 0 Å². The van der Waals surface area contributed by atoms with Gasteiger partial charge in [-0.1, -0.05) is 218 Å². The standard InChI is InChI=1S/C70H43N2O3PS/c73-76(48-17-3-1-4-18-48,49-19-5-2-6-20-49)50-37-40-66-62(43-50)70(57-27-13-9-23-53(57)54-24-10-14-28-58(54)70)60-41-46(35-38-64(60)75-66)44-31-33-45(34-32-44)67-71-72-68(77-67)47-36-39-65-61(42-47)69(59-29-15-16-30-63(59)74-65)55-25-11-7-21-51(55)52-22-8-12-26-56(52)69/h1-43H. The summed E-state index contributed by atoms with van der Waals surface area (Å²) in [5.41, 5.74) is 16.7. The van der Waals surface area contributed by atoms with Gasteiger partial charge in [0.2, 0.25) is 0 Å². The van der Waals surface area contributed by atoms with Crippen LogP contribution in [0.25, 0.3) is 54.5 Å². The molecule has 0 N–H and O–H groups in total. The van der Waals surface area contributed by atoms with E-state index in [0.717, 1.165) is 93.4 Å². The van der Waals surface area contributed by atoms with Crippen molar-refractivity contribution in [3.05, 3.63) is 305 Å². The van der Waals surface area contributed by atoms with Gasteiger partial charge in [-0.2, -0.15) is 0 Å².